The predicted molar refractivity (Wildman–Crippen MR) is 58.1 cm³/mol. The topological polar surface area (TPSA) is 38.3 Å². The summed E-state index contributed by atoms with van der Waals surface area (Å²) in [4.78, 5) is 11.2. The van der Waals surface area contributed by atoms with Gasteiger partial charge in [0, 0.05) is 18.4 Å². The van der Waals surface area contributed by atoms with E-state index in [1.54, 1.807) is 6.07 Å². The average molecular weight is 259 g/mol. The SMILES string of the molecule is C[C@@H]1NC(=O)C[C@@H]1c1cccc(OC(F)(F)F)c1. The summed E-state index contributed by atoms with van der Waals surface area (Å²) >= 11 is 0. The Labute approximate surface area is 102 Å². The number of hydrogen-bond donors (Lipinski definition) is 1. The number of rotatable bonds is 2. The van der Waals surface area contributed by atoms with E-state index in [9.17, 15) is 18.0 Å². The van der Waals surface area contributed by atoms with Gasteiger partial charge in [-0.05, 0) is 24.6 Å². The molecule has 0 aliphatic carbocycles. The molecule has 18 heavy (non-hydrogen) atoms. The molecule has 0 spiro atoms. The van der Waals surface area contributed by atoms with Crippen molar-refractivity contribution < 1.29 is 22.7 Å². The minimum atomic E-state index is -4.70. The Hall–Kier alpha value is -1.72. The van der Waals surface area contributed by atoms with Crippen molar-refractivity contribution in [1.82, 2.24) is 5.32 Å². The fraction of sp³-hybridized carbons (Fsp3) is 0.417. The summed E-state index contributed by atoms with van der Waals surface area (Å²) in [6, 6.07) is 5.68. The van der Waals surface area contributed by atoms with E-state index >= 15 is 0 Å². The van der Waals surface area contributed by atoms with Crippen LogP contribution in [0.15, 0.2) is 24.3 Å². The molecular weight excluding hydrogens is 247 g/mol. The van der Waals surface area contributed by atoms with Gasteiger partial charge in [0.05, 0.1) is 0 Å². The third kappa shape index (κ3) is 2.94. The van der Waals surface area contributed by atoms with Crippen LogP contribution in [0.3, 0.4) is 0 Å². The van der Waals surface area contributed by atoms with E-state index in [2.05, 4.69) is 10.1 Å². The Morgan fingerprint density at radius 2 is 2.11 bits per heavy atom. The monoisotopic (exact) mass is 259 g/mol. The van der Waals surface area contributed by atoms with E-state index < -0.39 is 6.36 Å². The molecule has 1 amide bonds. The van der Waals surface area contributed by atoms with Gasteiger partial charge in [-0.2, -0.15) is 0 Å². The van der Waals surface area contributed by atoms with E-state index in [1.165, 1.54) is 18.2 Å². The highest BCUT2D eigenvalue weighted by molar-refractivity contribution is 5.80. The number of carbonyl (C=O) groups is 1. The minimum Gasteiger partial charge on any atom is -0.406 e. The fourth-order valence-corrected chi connectivity index (χ4v) is 2.14. The van der Waals surface area contributed by atoms with Crippen molar-refractivity contribution in [2.45, 2.75) is 31.7 Å². The molecule has 0 saturated carbocycles. The highest BCUT2D eigenvalue weighted by Gasteiger charge is 2.33. The largest absolute Gasteiger partial charge is 0.573 e. The first-order chi connectivity index (χ1) is 8.35. The Morgan fingerprint density at radius 1 is 1.39 bits per heavy atom. The molecule has 1 saturated heterocycles. The molecule has 0 radical (unpaired) electrons. The summed E-state index contributed by atoms with van der Waals surface area (Å²) in [7, 11) is 0. The Kier molecular flexibility index (Phi) is 3.19. The molecule has 0 bridgehead atoms. The quantitative estimate of drug-likeness (QED) is 0.886. The number of carbonyl (C=O) groups excluding carboxylic acids is 1. The van der Waals surface area contributed by atoms with Crippen LogP contribution in [-0.2, 0) is 4.79 Å². The van der Waals surface area contributed by atoms with E-state index in [0.29, 0.717) is 5.56 Å². The number of nitrogens with one attached hydrogen (secondary N) is 1. The van der Waals surface area contributed by atoms with Crippen molar-refractivity contribution >= 4 is 5.91 Å². The number of amides is 1. The van der Waals surface area contributed by atoms with Crippen LogP contribution in [0.25, 0.3) is 0 Å². The smallest absolute Gasteiger partial charge is 0.406 e. The van der Waals surface area contributed by atoms with Gasteiger partial charge in [0.15, 0.2) is 0 Å². The summed E-state index contributed by atoms with van der Waals surface area (Å²) in [5.74, 6) is -0.463. The van der Waals surface area contributed by atoms with E-state index in [0.717, 1.165) is 0 Å². The lowest BCUT2D eigenvalue weighted by molar-refractivity contribution is -0.274. The molecule has 6 heteroatoms. The van der Waals surface area contributed by atoms with Gasteiger partial charge in [0.25, 0.3) is 0 Å². The summed E-state index contributed by atoms with van der Waals surface area (Å²) in [6.07, 6.45) is -4.41. The minimum absolute atomic E-state index is 0.0846. The number of ether oxygens (including phenoxy) is 1. The normalized spacial score (nSPS) is 23.9. The second-order valence-corrected chi connectivity index (χ2v) is 4.29. The molecule has 3 nitrogen and oxygen atoms in total. The summed E-state index contributed by atoms with van der Waals surface area (Å²) in [5.41, 5.74) is 0.669. The van der Waals surface area contributed by atoms with Gasteiger partial charge < -0.3 is 10.1 Å². The zero-order valence-electron chi connectivity index (χ0n) is 9.62. The number of alkyl halides is 3. The molecule has 1 N–H and O–H groups in total. The molecule has 1 aliphatic rings. The van der Waals surface area contributed by atoms with Crippen molar-refractivity contribution in [3.63, 3.8) is 0 Å². The summed E-state index contributed by atoms with van der Waals surface area (Å²) in [5, 5.41) is 2.73. The Balaban J connectivity index is 2.19. The van der Waals surface area contributed by atoms with Gasteiger partial charge in [-0.3, -0.25) is 4.79 Å². The molecule has 1 aliphatic heterocycles. The molecule has 0 aromatic heterocycles. The first-order valence-corrected chi connectivity index (χ1v) is 5.50. The lowest BCUT2D eigenvalue weighted by atomic mass is 9.93. The zero-order chi connectivity index (χ0) is 13.3. The van der Waals surface area contributed by atoms with E-state index in [1.807, 2.05) is 6.92 Å². The fourth-order valence-electron chi connectivity index (χ4n) is 2.14. The van der Waals surface area contributed by atoms with Gasteiger partial charge in [0.2, 0.25) is 5.91 Å². The van der Waals surface area contributed by atoms with Crippen LogP contribution in [-0.4, -0.2) is 18.3 Å². The van der Waals surface area contributed by atoms with Gasteiger partial charge in [-0.15, -0.1) is 13.2 Å². The number of halogens is 3. The Bertz CT molecular complexity index is 459. The zero-order valence-corrected chi connectivity index (χ0v) is 9.62. The van der Waals surface area contributed by atoms with Gasteiger partial charge in [0.1, 0.15) is 5.75 Å². The molecule has 2 rings (SSSR count). The van der Waals surface area contributed by atoms with Crippen molar-refractivity contribution in [3.8, 4) is 5.75 Å². The van der Waals surface area contributed by atoms with E-state index in [-0.39, 0.29) is 30.0 Å². The lowest BCUT2D eigenvalue weighted by Gasteiger charge is -2.16. The lowest BCUT2D eigenvalue weighted by Crippen LogP contribution is -2.24. The van der Waals surface area contributed by atoms with Crippen LogP contribution >= 0.6 is 0 Å². The van der Waals surface area contributed by atoms with Crippen LogP contribution in [0.1, 0.15) is 24.8 Å². The highest BCUT2D eigenvalue weighted by atomic mass is 19.4. The van der Waals surface area contributed by atoms with Crippen LogP contribution in [0, 0.1) is 0 Å². The molecule has 1 fully saturated rings. The Morgan fingerprint density at radius 3 is 2.67 bits per heavy atom. The molecule has 1 aromatic carbocycles. The molecule has 1 heterocycles. The standard InChI is InChI=1S/C12H12F3NO2/c1-7-10(6-11(17)16-7)8-3-2-4-9(5-8)18-12(13,14)15/h2-5,7,10H,6H2,1H3,(H,16,17)/t7-,10-/m0/s1. The maximum absolute atomic E-state index is 12.1. The van der Waals surface area contributed by atoms with Crippen molar-refractivity contribution in [3.05, 3.63) is 29.8 Å². The van der Waals surface area contributed by atoms with Crippen molar-refractivity contribution in [2.75, 3.05) is 0 Å². The second kappa shape index (κ2) is 4.51. The first-order valence-electron chi connectivity index (χ1n) is 5.50. The van der Waals surface area contributed by atoms with Crippen molar-refractivity contribution in [2.24, 2.45) is 0 Å². The predicted octanol–water partition coefficient (Wildman–Crippen LogP) is 2.58. The van der Waals surface area contributed by atoms with Crippen LogP contribution in [0.4, 0.5) is 13.2 Å². The average Bonchev–Trinajstić information content (AvgIpc) is 2.55. The molecule has 2 atom stereocenters. The van der Waals surface area contributed by atoms with Gasteiger partial charge >= 0.3 is 6.36 Å². The third-order valence-corrected chi connectivity index (χ3v) is 2.92. The van der Waals surface area contributed by atoms with E-state index in [4.69, 9.17) is 0 Å². The van der Waals surface area contributed by atoms with Crippen LogP contribution < -0.4 is 10.1 Å². The van der Waals surface area contributed by atoms with Crippen molar-refractivity contribution in [1.29, 1.82) is 0 Å². The molecule has 98 valence electrons. The van der Waals surface area contributed by atoms with Crippen LogP contribution in [0.5, 0.6) is 5.75 Å². The highest BCUT2D eigenvalue weighted by Crippen LogP contribution is 2.31. The number of hydrogen-bond acceptors (Lipinski definition) is 2. The second-order valence-electron chi connectivity index (χ2n) is 4.29. The first kappa shape index (κ1) is 12.7. The summed E-state index contributed by atoms with van der Waals surface area (Å²) < 4.78 is 40.2. The number of benzene rings is 1. The third-order valence-electron chi connectivity index (χ3n) is 2.92. The van der Waals surface area contributed by atoms with Crippen LogP contribution in [0.2, 0.25) is 0 Å². The van der Waals surface area contributed by atoms with Gasteiger partial charge in [-0.1, -0.05) is 12.1 Å². The molecular formula is C12H12F3NO2. The van der Waals surface area contributed by atoms with Gasteiger partial charge in [-0.25, -0.2) is 0 Å². The molecule has 0 unspecified atom stereocenters. The maximum atomic E-state index is 12.1. The summed E-state index contributed by atoms with van der Waals surface area (Å²) in [6.45, 7) is 1.83. The molecule has 1 aromatic rings. The maximum Gasteiger partial charge on any atom is 0.573 e.